The molecule has 1 aliphatic heterocycles. The van der Waals surface area contributed by atoms with Crippen LogP contribution in [0.5, 0.6) is 5.75 Å². The predicted octanol–water partition coefficient (Wildman–Crippen LogP) is 4.13. The van der Waals surface area contributed by atoms with Gasteiger partial charge in [0.1, 0.15) is 17.3 Å². The number of ether oxygens (including phenoxy) is 1. The molecule has 2 heterocycles. The SMILES string of the molecule is COc1ccccc1Nc1cc(NC(=O)O)nc(C(=O)N2CCc3ccccc32)c1. The average Bonchev–Trinajstić information content (AvgIpc) is 3.17. The number of nitrogens with zero attached hydrogens (tertiary/aromatic N) is 2. The molecule has 0 spiro atoms. The molecule has 1 aliphatic rings. The number of hydrogen-bond donors (Lipinski definition) is 3. The fourth-order valence-electron chi connectivity index (χ4n) is 3.48. The van der Waals surface area contributed by atoms with Crippen molar-refractivity contribution in [3.63, 3.8) is 0 Å². The van der Waals surface area contributed by atoms with Gasteiger partial charge in [0.25, 0.3) is 5.91 Å². The number of para-hydroxylation sites is 3. The van der Waals surface area contributed by atoms with Gasteiger partial charge in [0, 0.05) is 24.0 Å². The molecule has 2 amide bonds. The third-order valence-corrected chi connectivity index (χ3v) is 4.80. The highest BCUT2D eigenvalue weighted by atomic mass is 16.5. The minimum absolute atomic E-state index is 0.0539. The van der Waals surface area contributed by atoms with E-state index in [2.05, 4.69) is 15.6 Å². The quantitative estimate of drug-likeness (QED) is 0.591. The van der Waals surface area contributed by atoms with Crippen molar-refractivity contribution in [1.29, 1.82) is 0 Å². The number of carbonyl (C=O) groups is 2. The second-order valence-electron chi connectivity index (χ2n) is 6.72. The number of pyridine rings is 1. The van der Waals surface area contributed by atoms with Crippen molar-refractivity contribution in [2.45, 2.75) is 6.42 Å². The van der Waals surface area contributed by atoms with Gasteiger partial charge in [0.15, 0.2) is 0 Å². The van der Waals surface area contributed by atoms with Gasteiger partial charge >= 0.3 is 6.09 Å². The Hall–Kier alpha value is -4.07. The number of carbonyl (C=O) groups excluding carboxylic acids is 1. The summed E-state index contributed by atoms with van der Waals surface area (Å²) in [6.07, 6.45) is -0.497. The van der Waals surface area contributed by atoms with Crippen LogP contribution in [0.2, 0.25) is 0 Å². The van der Waals surface area contributed by atoms with Crippen LogP contribution in [0.4, 0.5) is 27.7 Å². The normalized spacial score (nSPS) is 12.2. The Labute approximate surface area is 173 Å². The molecular weight excluding hydrogens is 384 g/mol. The fraction of sp³-hybridized carbons (Fsp3) is 0.136. The van der Waals surface area contributed by atoms with E-state index in [1.807, 2.05) is 42.5 Å². The van der Waals surface area contributed by atoms with Gasteiger partial charge in [-0.2, -0.15) is 0 Å². The first kappa shape index (κ1) is 19.3. The van der Waals surface area contributed by atoms with Crippen molar-refractivity contribution < 1.29 is 19.4 Å². The largest absolute Gasteiger partial charge is 0.495 e. The van der Waals surface area contributed by atoms with E-state index in [0.717, 1.165) is 17.7 Å². The van der Waals surface area contributed by atoms with Crippen LogP contribution in [0.3, 0.4) is 0 Å². The van der Waals surface area contributed by atoms with Gasteiger partial charge in [-0.05, 0) is 36.2 Å². The Morgan fingerprint density at radius 2 is 1.87 bits per heavy atom. The monoisotopic (exact) mass is 404 g/mol. The van der Waals surface area contributed by atoms with E-state index in [-0.39, 0.29) is 17.4 Å². The molecule has 0 saturated carbocycles. The van der Waals surface area contributed by atoms with Crippen molar-refractivity contribution in [3.05, 3.63) is 71.9 Å². The zero-order chi connectivity index (χ0) is 21.1. The number of hydrogen-bond acceptors (Lipinski definition) is 5. The number of benzene rings is 2. The van der Waals surface area contributed by atoms with E-state index in [1.165, 1.54) is 6.07 Å². The van der Waals surface area contributed by atoms with Gasteiger partial charge in [-0.1, -0.05) is 30.3 Å². The summed E-state index contributed by atoms with van der Waals surface area (Å²) < 4.78 is 5.35. The second-order valence-corrected chi connectivity index (χ2v) is 6.72. The molecule has 0 radical (unpaired) electrons. The Bertz CT molecular complexity index is 1120. The number of carboxylic acid groups (broad SMARTS) is 1. The topological polar surface area (TPSA) is 104 Å². The standard InChI is InChI=1S/C22H20N4O4/c1-30-19-9-5-3-7-16(19)23-15-12-17(24-20(13-15)25-22(28)29)21(27)26-11-10-14-6-2-4-8-18(14)26/h2-9,12-13H,10-11H2,1H3,(H,28,29)(H2,23,24,25). The molecule has 4 rings (SSSR count). The number of anilines is 4. The molecule has 8 heteroatoms. The Kier molecular flexibility index (Phi) is 5.21. The van der Waals surface area contributed by atoms with Gasteiger partial charge in [-0.3, -0.25) is 10.1 Å². The van der Waals surface area contributed by atoms with E-state index in [1.54, 1.807) is 24.1 Å². The second kappa shape index (κ2) is 8.12. The lowest BCUT2D eigenvalue weighted by Gasteiger charge is -2.18. The number of fused-ring (bicyclic) bond motifs is 1. The Morgan fingerprint density at radius 3 is 2.67 bits per heavy atom. The molecule has 0 saturated heterocycles. The van der Waals surface area contributed by atoms with Gasteiger partial charge < -0.3 is 20.1 Å². The first-order valence-corrected chi connectivity index (χ1v) is 9.37. The van der Waals surface area contributed by atoms with Crippen LogP contribution >= 0.6 is 0 Å². The van der Waals surface area contributed by atoms with Crippen molar-refractivity contribution >= 4 is 34.9 Å². The van der Waals surface area contributed by atoms with Gasteiger partial charge in [0.2, 0.25) is 0 Å². The number of methoxy groups -OCH3 is 1. The zero-order valence-electron chi connectivity index (χ0n) is 16.3. The maximum atomic E-state index is 13.2. The predicted molar refractivity (Wildman–Crippen MR) is 114 cm³/mol. The Balaban J connectivity index is 1.70. The molecule has 8 nitrogen and oxygen atoms in total. The third kappa shape index (κ3) is 3.88. The van der Waals surface area contributed by atoms with Gasteiger partial charge in [-0.15, -0.1) is 0 Å². The van der Waals surface area contributed by atoms with Crippen LogP contribution in [-0.2, 0) is 6.42 Å². The van der Waals surface area contributed by atoms with E-state index in [4.69, 9.17) is 9.84 Å². The van der Waals surface area contributed by atoms with Crippen molar-refractivity contribution in [1.82, 2.24) is 4.98 Å². The highest BCUT2D eigenvalue weighted by molar-refractivity contribution is 6.07. The van der Waals surface area contributed by atoms with Crippen LogP contribution in [-0.4, -0.2) is 35.7 Å². The van der Waals surface area contributed by atoms with E-state index < -0.39 is 6.09 Å². The van der Waals surface area contributed by atoms with Crippen LogP contribution in [0.25, 0.3) is 0 Å². The van der Waals surface area contributed by atoms with Gasteiger partial charge in [-0.25, -0.2) is 9.78 Å². The lowest BCUT2D eigenvalue weighted by molar-refractivity contribution is 0.0984. The van der Waals surface area contributed by atoms with Crippen LogP contribution in [0, 0.1) is 0 Å². The molecular formula is C22H20N4O4. The Morgan fingerprint density at radius 1 is 1.10 bits per heavy atom. The molecule has 30 heavy (non-hydrogen) atoms. The fourth-order valence-corrected chi connectivity index (χ4v) is 3.48. The first-order valence-electron chi connectivity index (χ1n) is 9.37. The van der Waals surface area contributed by atoms with E-state index >= 15 is 0 Å². The highest BCUT2D eigenvalue weighted by Crippen LogP contribution is 2.31. The number of rotatable bonds is 5. The first-order chi connectivity index (χ1) is 14.5. The molecule has 0 bridgehead atoms. The summed E-state index contributed by atoms with van der Waals surface area (Å²) in [6.45, 7) is 0.547. The summed E-state index contributed by atoms with van der Waals surface area (Å²) in [5.74, 6) is 0.374. The number of nitrogens with one attached hydrogen (secondary N) is 2. The van der Waals surface area contributed by atoms with Crippen molar-refractivity contribution in [2.24, 2.45) is 0 Å². The summed E-state index contributed by atoms with van der Waals surface area (Å²) in [5.41, 5.74) is 3.26. The molecule has 152 valence electrons. The lowest BCUT2D eigenvalue weighted by Crippen LogP contribution is -2.30. The van der Waals surface area contributed by atoms with Crippen LogP contribution < -0.4 is 20.3 Å². The third-order valence-electron chi connectivity index (χ3n) is 4.80. The van der Waals surface area contributed by atoms with E-state index in [0.29, 0.717) is 23.7 Å². The smallest absolute Gasteiger partial charge is 0.410 e. The molecule has 3 aromatic rings. The molecule has 0 fully saturated rings. The van der Waals surface area contributed by atoms with E-state index in [9.17, 15) is 9.59 Å². The maximum absolute atomic E-state index is 13.2. The molecule has 1 aromatic heterocycles. The van der Waals surface area contributed by atoms with Crippen LogP contribution in [0.15, 0.2) is 60.7 Å². The molecule has 2 aromatic carbocycles. The van der Waals surface area contributed by atoms with Gasteiger partial charge in [0.05, 0.1) is 12.8 Å². The zero-order valence-corrected chi connectivity index (χ0v) is 16.3. The van der Waals surface area contributed by atoms with Crippen LogP contribution in [0.1, 0.15) is 16.1 Å². The summed E-state index contributed by atoms with van der Waals surface area (Å²) in [7, 11) is 1.56. The molecule has 0 atom stereocenters. The number of aromatic nitrogens is 1. The molecule has 0 unspecified atom stereocenters. The summed E-state index contributed by atoms with van der Waals surface area (Å²) >= 11 is 0. The summed E-state index contributed by atoms with van der Waals surface area (Å²) in [4.78, 5) is 30.2. The summed E-state index contributed by atoms with van der Waals surface area (Å²) in [5, 5.41) is 14.5. The van der Waals surface area contributed by atoms with Crippen molar-refractivity contribution in [2.75, 3.05) is 29.2 Å². The minimum atomic E-state index is -1.26. The minimum Gasteiger partial charge on any atom is -0.495 e. The highest BCUT2D eigenvalue weighted by Gasteiger charge is 2.26. The average molecular weight is 404 g/mol. The molecule has 0 aliphatic carbocycles. The summed E-state index contributed by atoms with van der Waals surface area (Å²) in [6, 6.07) is 18.1. The number of amides is 2. The molecule has 3 N–H and O–H groups in total. The van der Waals surface area contributed by atoms with Crippen molar-refractivity contribution in [3.8, 4) is 5.75 Å². The lowest BCUT2D eigenvalue weighted by atomic mass is 10.2. The maximum Gasteiger partial charge on any atom is 0.410 e.